The van der Waals surface area contributed by atoms with Crippen molar-refractivity contribution in [2.24, 2.45) is 16.7 Å². The second kappa shape index (κ2) is 9.03. The molecule has 25 heavy (non-hydrogen) atoms. The van der Waals surface area contributed by atoms with Crippen molar-refractivity contribution in [1.82, 2.24) is 0 Å². The van der Waals surface area contributed by atoms with E-state index in [2.05, 4.69) is 34.6 Å². The second-order valence-corrected chi connectivity index (χ2v) is 11.6. The van der Waals surface area contributed by atoms with Crippen molar-refractivity contribution in [1.29, 1.82) is 0 Å². The monoisotopic (exact) mass is 390 g/mol. The first-order valence-electron chi connectivity index (χ1n) is 8.99. The lowest BCUT2D eigenvalue weighted by Gasteiger charge is -2.36. The molecule has 0 radical (unpaired) electrons. The highest BCUT2D eigenvalue weighted by Gasteiger charge is 2.41. The molecule has 6 heteroatoms. The first kappa shape index (κ1) is 22.7. The number of hydrogen-bond donors (Lipinski definition) is 0. The zero-order chi connectivity index (χ0) is 19.4. The van der Waals surface area contributed by atoms with E-state index in [-0.39, 0.29) is 29.3 Å². The molecule has 0 aromatic carbocycles. The molecule has 0 bridgehead atoms. The average Bonchev–Trinajstić information content (AvgIpc) is 2.46. The number of rotatable bonds is 6. The Morgan fingerprint density at radius 2 is 1.72 bits per heavy atom. The van der Waals surface area contributed by atoms with Crippen molar-refractivity contribution in [3.8, 4) is 0 Å². The third-order valence-electron chi connectivity index (χ3n) is 4.74. The first-order chi connectivity index (χ1) is 11.3. The topological polar surface area (TPSA) is 52.6 Å². The summed E-state index contributed by atoms with van der Waals surface area (Å²) in [5.41, 5.74) is -0.771. The smallest absolute Gasteiger partial charge is 0.345 e. The van der Waals surface area contributed by atoms with Gasteiger partial charge in [0, 0.05) is 16.3 Å². The van der Waals surface area contributed by atoms with E-state index < -0.39 is 11.4 Å². The average molecular weight is 391 g/mol. The van der Waals surface area contributed by atoms with Crippen LogP contribution in [0.15, 0.2) is 0 Å². The van der Waals surface area contributed by atoms with Gasteiger partial charge < -0.3 is 9.47 Å². The minimum Gasteiger partial charge on any atom is -0.453 e. The Bertz CT molecular complexity index is 473. The summed E-state index contributed by atoms with van der Waals surface area (Å²) in [4.78, 5) is 24.7. The molecule has 146 valence electrons. The van der Waals surface area contributed by atoms with Crippen LogP contribution in [0.3, 0.4) is 0 Å². The SMILES string of the molecule is CC1SCC(OC(=O)COC(=O)C(C)(CC(C)(C)C)C(C)C)SC1C. The lowest BCUT2D eigenvalue weighted by Crippen LogP contribution is -2.39. The Kier molecular flexibility index (Phi) is 8.19. The van der Waals surface area contributed by atoms with Crippen LogP contribution in [0.4, 0.5) is 0 Å². The molecule has 0 aromatic heterocycles. The van der Waals surface area contributed by atoms with Gasteiger partial charge in [-0.25, -0.2) is 4.79 Å². The minimum atomic E-state index is -0.613. The van der Waals surface area contributed by atoms with Crippen LogP contribution in [0.1, 0.15) is 61.8 Å². The number of thioether (sulfide) groups is 2. The zero-order valence-corrected chi connectivity index (χ0v) is 18.5. The van der Waals surface area contributed by atoms with Crippen LogP contribution in [0.2, 0.25) is 0 Å². The van der Waals surface area contributed by atoms with E-state index in [0.717, 1.165) is 5.75 Å². The fourth-order valence-corrected chi connectivity index (χ4v) is 5.54. The van der Waals surface area contributed by atoms with Crippen LogP contribution in [0, 0.1) is 16.7 Å². The van der Waals surface area contributed by atoms with E-state index in [0.29, 0.717) is 16.9 Å². The molecule has 1 aliphatic heterocycles. The fourth-order valence-electron chi connectivity index (χ4n) is 2.90. The standard InChI is InChI=1S/C19H34O4S2/c1-12(2)19(8,11-18(5,6)7)17(21)22-9-15(20)23-16-10-24-13(3)14(4)25-16/h12-14,16H,9-11H2,1-8H3. The van der Waals surface area contributed by atoms with E-state index in [1.807, 2.05) is 32.5 Å². The van der Waals surface area contributed by atoms with Crippen molar-refractivity contribution in [2.45, 2.75) is 77.7 Å². The fraction of sp³-hybridized carbons (Fsp3) is 0.895. The van der Waals surface area contributed by atoms with Gasteiger partial charge in [-0.05, 0) is 24.7 Å². The van der Waals surface area contributed by atoms with E-state index in [1.165, 1.54) is 0 Å². The summed E-state index contributed by atoms with van der Waals surface area (Å²) in [7, 11) is 0. The van der Waals surface area contributed by atoms with Gasteiger partial charge in [0.1, 0.15) is 0 Å². The van der Waals surface area contributed by atoms with E-state index in [4.69, 9.17) is 9.47 Å². The van der Waals surface area contributed by atoms with Crippen LogP contribution in [0.25, 0.3) is 0 Å². The quantitative estimate of drug-likeness (QED) is 0.610. The van der Waals surface area contributed by atoms with E-state index in [1.54, 1.807) is 11.8 Å². The van der Waals surface area contributed by atoms with E-state index in [9.17, 15) is 9.59 Å². The lowest BCUT2D eigenvalue weighted by atomic mass is 9.69. The lowest BCUT2D eigenvalue weighted by molar-refractivity contribution is -0.168. The normalized spacial score (nSPS) is 26.8. The molecule has 0 N–H and O–H groups in total. The predicted molar refractivity (Wildman–Crippen MR) is 107 cm³/mol. The van der Waals surface area contributed by atoms with Crippen molar-refractivity contribution in [3.05, 3.63) is 0 Å². The molecule has 0 aliphatic carbocycles. The molecule has 1 aliphatic rings. The molecular weight excluding hydrogens is 356 g/mol. The molecule has 0 saturated carbocycles. The van der Waals surface area contributed by atoms with Gasteiger partial charge >= 0.3 is 11.9 Å². The molecule has 0 spiro atoms. The Morgan fingerprint density at radius 1 is 1.12 bits per heavy atom. The number of carbonyl (C=O) groups excluding carboxylic acids is 2. The number of esters is 2. The van der Waals surface area contributed by atoms with Crippen LogP contribution >= 0.6 is 23.5 Å². The molecule has 0 amide bonds. The van der Waals surface area contributed by atoms with Crippen LogP contribution in [0.5, 0.6) is 0 Å². The van der Waals surface area contributed by atoms with Crippen molar-refractivity contribution >= 4 is 35.5 Å². The summed E-state index contributed by atoms with van der Waals surface area (Å²) in [6, 6.07) is 0. The summed E-state index contributed by atoms with van der Waals surface area (Å²) in [6.07, 6.45) is 0.704. The van der Waals surface area contributed by atoms with Gasteiger partial charge in [-0.1, -0.05) is 48.5 Å². The van der Waals surface area contributed by atoms with Gasteiger partial charge in [0.25, 0.3) is 0 Å². The van der Waals surface area contributed by atoms with Crippen molar-refractivity contribution < 1.29 is 19.1 Å². The molecular formula is C19H34O4S2. The van der Waals surface area contributed by atoms with Gasteiger partial charge in [0.15, 0.2) is 12.0 Å². The molecule has 4 unspecified atom stereocenters. The molecule has 4 atom stereocenters. The molecule has 1 rings (SSSR count). The predicted octanol–water partition coefficient (Wildman–Crippen LogP) is 4.75. The van der Waals surface area contributed by atoms with Crippen molar-refractivity contribution in [2.75, 3.05) is 12.4 Å². The molecule has 0 aromatic rings. The Hall–Kier alpha value is -0.360. The van der Waals surface area contributed by atoms with Gasteiger partial charge in [-0.15, -0.1) is 11.8 Å². The maximum Gasteiger partial charge on any atom is 0.345 e. The van der Waals surface area contributed by atoms with Gasteiger partial charge in [-0.2, -0.15) is 11.8 Å². The van der Waals surface area contributed by atoms with Crippen LogP contribution in [-0.4, -0.2) is 40.2 Å². The largest absolute Gasteiger partial charge is 0.453 e. The minimum absolute atomic E-state index is 0.00133. The highest BCUT2D eigenvalue weighted by molar-refractivity contribution is 8.07. The molecule has 1 heterocycles. The maximum atomic E-state index is 12.6. The molecule has 1 fully saturated rings. The second-order valence-electron chi connectivity index (χ2n) is 8.68. The summed E-state index contributed by atoms with van der Waals surface area (Å²) in [6.45, 7) is 16.3. The Balaban J connectivity index is 2.54. The van der Waals surface area contributed by atoms with Crippen LogP contribution in [-0.2, 0) is 19.1 Å². The van der Waals surface area contributed by atoms with Crippen molar-refractivity contribution in [3.63, 3.8) is 0 Å². The van der Waals surface area contributed by atoms with E-state index >= 15 is 0 Å². The summed E-state index contributed by atoms with van der Waals surface area (Å²) >= 11 is 3.48. The number of ether oxygens (including phenoxy) is 2. The Labute approximate surface area is 161 Å². The highest BCUT2D eigenvalue weighted by atomic mass is 32.2. The number of hydrogen-bond acceptors (Lipinski definition) is 6. The summed E-state index contributed by atoms with van der Waals surface area (Å²) in [5.74, 6) is 0.129. The molecule has 4 nitrogen and oxygen atoms in total. The summed E-state index contributed by atoms with van der Waals surface area (Å²) < 4.78 is 10.8. The summed E-state index contributed by atoms with van der Waals surface area (Å²) in [5, 5.41) is 0.997. The van der Waals surface area contributed by atoms with Gasteiger partial charge in [0.05, 0.1) is 5.41 Å². The number of carbonyl (C=O) groups is 2. The maximum absolute atomic E-state index is 12.6. The van der Waals surface area contributed by atoms with Gasteiger partial charge in [0.2, 0.25) is 0 Å². The van der Waals surface area contributed by atoms with Gasteiger partial charge in [-0.3, -0.25) is 4.79 Å². The third-order valence-corrected chi connectivity index (χ3v) is 7.96. The zero-order valence-electron chi connectivity index (χ0n) is 16.9. The highest BCUT2D eigenvalue weighted by Crippen LogP contribution is 2.40. The third kappa shape index (κ3) is 7.05. The molecule has 1 saturated heterocycles. The van der Waals surface area contributed by atoms with Crippen LogP contribution < -0.4 is 0 Å². The Morgan fingerprint density at radius 3 is 2.20 bits per heavy atom. The first-order valence-corrected chi connectivity index (χ1v) is 11.0.